The van der Waals surface area contributed by atoms with E-state index in [4.69, 9.17) is 16.9 Å². The molecule has 0 aliphatic rings. The Morgan fingerprint density at radius 3 is 3.18 bits per heavy atom. The predicted molar refractivity (Wildman–Crippen MR) is 39.1 cm³/mol. The molecular weight excluding hydrogens is 166 g/mol. The normalized spacial score (nSPS) is 9.09. The van der Waals surface area contributed by atoms with Crippen molar-refractivity contribution in [2.45, 2.75) is 6.54 Å². The van der Waals surface area contributed by atoms with Crippen molar-refractivity contribution in [2.24, 2.45) is 0 Å². The van der Waals surface area contributed by atoms with Crippen LogP contribution < -0.4 is 5.69 Å². The first-order valence-corrected chi connectivity index (χ1v) is 3.21. The predicted octanol–water partition coefficient (Wildman–Crippen LogP) is 0.420. The summed E-state index contributed by atoms with van der Waals surface area (Å²) in [5, 5.41) is 8.60. The van der Waals surface area contributed by atoms with Gasteiger partial charge in [0.2, 0.25) is 0 Å². The summed E-state index contributed by atoms with van der Waals surface area (Å²) >= 11 is 5.52. The molecule has 56 valence electrons. The van der Waals surface area contributed by atoms with Gasteiger partial charge in [0.15, 0.2) is 0 Å². The van der Waals surface area contributed by atoms with Crippen LogP contribution in [0.1, 0.15) is 0 Å². The van der Waals surface area contributed by atoms with Crippen LogP contribution in [0, 0.1) is 11.3 Å². The van der Waals surface area contributed by atoms with E-state index in [0.29, 0.717) is 5.02 Å². The van der Waals surface area contributed by atoms with Crippen molar-refractivity contribution in [1.82, 2.24) is 9.55 Å². The first-order chi connectivity index (χ1) is 5.24. The van der Waals surface area contributed by atoms with E-state index in [0.717, 1.165) is 4.57 Å². The number of halogens is 1. The molecule has 4 nitrogen and oxygen atoms in total. The van der Waals surface area contributed by atoms with Gasteiger partial charge < -0.3 is 0 Å². The van der Waals surface area contributed by atoms with Gasteiger partial charge >= 0.3 is 5.69 Å². The number of hydrogen-bond acceptors (Lipinski definition) is 3. The molecule has 1 heterocycles. The lowest BCUT2D eigenvalue weighted by atomic mass is 10.6. The van der Waals surface area contributed by atoms with E-state index in [9.17, 15) is 4.79 Å². The fourth-order valence-corrected chi connectivity index (χ4v) is 0.785. The SMILES string of the molecule is N#CCn1cc(Cl)cnc1=O. The van der Waals surface area contributed by atoms with E-state index < -0.39 is 5.69 Å². The number of aromatic nitrogens is 2. The van der Waals surface area contributed by atoms with Gasteiger partial charge in [-0.3, -0.25) is 4.57 Å². The number of rotatable bonds is 1. The Morgan fingerprint density at radius 1 is 1.82 bits per heavy atom. The van der Waals surface area contributed by atoms with E-state index in [-0.39, 0.29) is 6.54 Å². The summed E-state index contributed by atoms with van der Waals surface area (Å²) in [5.74, 6) is 0. The Kier molecular flexibility index (Phi) is 2.24. The Balaban J connectivity index is 3.15. The number of nitrogens with zero attached hydrogens (tertiary/aromatic N) is 3. The molecule has 0 fully saturated rings. The zero-order valence-corrected chi connectivity index (χ0v) is 6.25. The third kappa shape index (κ3) is 1.79. The minimum Gasteiger partial charge on any atom is -0.284 e. The van der Waals surface area contributed by atoms with E-state index in [1.165, 1.54) is 12.4 Å². The zero-order chi connectivity index (χ0) is 8.27. The summed E-state index contributed by atoms with van der Waals surface area (Å²) in [6.07, 6.45) is 2.62. The molecule has 0 N–H and O–H groups in total. The Hall–Kier alpha value is -1.34. The van der Waals surface area contributed by atoms with Crippen LogP contribution >= 0.6 is 11.6 Å². The monoisotopic (exact) mass is 169 g/mol. The highest BCUT2D eigenvalue weighted by molar-refractivity contribution is 6.30. The van der Waals surface area contributed by atoms with Crippen LogP contribution in [0.5, 0.6) is 0 Å². The third-order valence-electron chi connectivity index (χ3n) is 1.06. The van der Waals surface area contributed by atoms with E-state index in [1.54, 1.807) is 0 Å². The highest BCUT2D eigenvalue weighted by atomic mass is 35.5. The molecule has 0 aromatic carbocycles. The zero-order valence-electron chi connectivity index (χ0n) is 5.49. The third-order valence-corrected chi connectivity index (χ3v) is 1.26. The Morgan fingerprint density at radius 2 is 2.55 bits per heavy atom. The van der Waals surface area contributed by atoms with Gasteiger partial charge in [0.1, 0.15) is 6.54 Å². The molecule has 0 aliphatic heterocycles. The summed E-state index contributed by atoms with van der Waals surface area (Å²) in [6.45, 7) is -0.0214. The molecular formula is C6H4ClN3O. The molecule has 0 radical (unpaired) electrons. The van der Waals surface area contributed by atoms with Gasteiger partial charge in [0.05, 0.1) is 17.3 Å². The minimum atomic E-state index is -0.462. The largest absolute Gasteiger partial charge is 0.348 e. The molecule has 0 saturated carbocycles. The fourth-order valence-electron chi connectivity index (χ4n) is 0.618. The van der Waals surface area contributed by atoms with Gasteiger partial charge in [-0.05, 0) is 0 Å². The van der Waals surface area contributed by atoms with Crippen molar-refractivity contribution in [2.75, 3.05) is 0 Å². The molecule has 1 rings (SSSR count). The van der Waals surface area contributed by atoms with Crippen LogP contribution in [-0.2, 0) is 6.54 Å². The van der Waals surface area contributed by atoms with Crippen LogP contribution in [0.4, 0.5) is 0 Å². The maximum atomic E-state index is 10.8. The van der Waals surface area contributed by atoms with Gasteiger partial charge in [0, 0.05) is 6.20 Å². The van der Waals surface area contributed by atoms with Crippen LogP contribution in [0.2, 0.25) is 5.02 Å². The molecule has 1 aromatic rings. The molecule has 0 atom stereocenters. The maximum absolute atomic E-state index is 10.8. The van der Waals surface area contributed by atoms with Crippen LogP contribution in [0.25, 0.3) is 0 Å². The second-order valence-corrected chi connectivity index (χ2v) is 2.28. The van der Waals surface area contributed by atoms with Crippen molar-refractivity contribution in [1.29, 1.82) is 5.26 Å². The van der Waals surface area contributed by atoms with Gasteiger partial charge in [-0.2, -0.15) is 10.2 Å². The van der Waals surface area contributed by atoms with E-state index in [1.807, 2.05) is 6.07 Å². The second kappa shape index (κ2) is 3.17. The van der Waals surface area contributed by atoms with Crippen molar-refractivity contribution in [3.63, 3.8) is 0 Å². The van der Waals surface area contributed by atoms with Crippen molar-refractivity contribution in [3.8, 4) is 6.07 Å². The summed E-state index contributed by atoms with van der Waals surface area (Å²) in [5.41, 5.74) is -0.462. The lowest BCUT2D eigenvalue weighted by molar-refractivity contribution is 0.751. The van der Waals surface area contributed by atoms with E-state index in [2.05, 4.69) is 4.98 Å². The molecule has 0 unspecified atom stereocenters. The first kappa shape index (κ1) is 7.76. The number of hydrogen-bond donors (Lipinski definition) is 0. The van der Waals surface area contributed by atoms with E-state index >= 15 is 0 Å². The lowest BCUT2D eigenvalue weighted by Gasteiger charge is -1.96. The lowest BCUT2D eigenvalue weighted by Crippen LogP contribution is -2.21. The molecule has 5 heteroatoms. The van der Waals surface area contributed by atoms with Crippen molar-refractivity contribution >= 4 is 11.6 Å². The second-order valence-electron chi connectivity index (χ2n) is 1.84. The van der Waals surface area contributed by atoms with Crippen molar-refractivity contribution in [3.05, 3.63) is 27.9 Å². The summed E-state index contributed by atoms with van der Waals surface area (Å²) in [6, 6.07) is 1.82. The van der Waals surface area contributed by atoms with Gasteiger partial charge in [-0.15, -0.1) is 0 Å². The van der Waals surface area contributed by atoms with Crippen LogP contribution in [0.3, 0.4) is 0 Å². The smallest absolute Gasteiger partial charge is 0.284 e. The maximum Gasteiger partial charge on any atom is 0.348 e. The minimum absolute atomic E-state index is 0.0214. The Labute approximate surface area is 67.7 Å². The molecule has 11 heavy (non-hydrogen) atoms. The first-order valence-electron chi connectivity index (χ1n) is 2.83. The fraction of sp³-hybridized carbons (Fsp3) is 0.167. The highest BCUT2D eigenvalue weighted by Gasteiger charge is 1.95. The summed E-state index contributed by atoms with van der Waals surface area (Å²) in [7, 11) is 0. The summed E-state index contributed by atoms with van der Waals surface area (Å²) in [4.78, 5) is 14.2. The average molecular weight is 170 g/mol. The summed E-state index contributed by atoms with van der Waals surface area (Å²) < 4.78 is 1.14. The molecule has 0 saturated heterocycles. The molecule has 0 spiro atoms. The highest BCUT2D eigenvalue weighted by Crippen LogP contribution is 2.00. The molecule has 1 aromatic heterocycles. The van der Waals surface area contributed by atoms with Crippen LogP contribution in [-0.4, -0.2) is 9.55 Å². The Bertz CT molecular complexity index is 352. The molecule has 0 bridgehead atoms. The standard InChI is InChI=1S/C6H4ClN3O/c7-5-3-9-6(11)10(4-5)2-1-8/h3-4H,2H2. The number of nitriles is 1. The van der Waals surface area contributed by atoms with Gasteiger partial charge in [0.25, 0.3) is 0 Å². The molecule has 0 aliphatic carbocycles. The van der Waals surface area contributed by atoms with Crippen LogP contribution in [0.15, 0.2) is 17.2 Å². The average Bonchev–Trinajstić information content (AvgIpc) is 1.98. The van der Waals surface area contributed by atoms with Crippen molar-refractivity contribution < 1.29 is 0 Å². The van der Waals surface area contributed by atoms with Gasteiger partial charge in [-0.1, -0.05) is 11.6 Å². The molecule has 0 amide bonds. The van der Waals surface area contributed by atoms with Gasteiger partial charge in [-0.25, -0.2) is 4.79 Å². The quantitative estimate of drug-likeness (QED) is 0.612. The topological polar surface area (TPSA) is 58.7 Å².